The van der Waals surface area contributed by atoms with Gasteiger partial charge in [-0.2, -0.15) is 14.9 Å². The van der Waals surface area contributed by atoms with E-state index in [2.05, 4.69) is 9.97 Å². The number of nitrogens with zero attached hydrogens (tertiary/aromatic N) is 2. The second kappa shape index (κ2) is 7.63. The van der Waals surface area contributed by atoms with E-state index in [1.807, 2.05) is 25.1 Å². The quantitative estimate of drug-likeness (QED) is 0.747. The van der Waals surface area contributed by atoms with Gasteiger partial charge < -0.3 is 4.98 Å². The number of carbonyl (C=O) groups is 1. The molecule has 1 N–H and O–H groups in total. The maximum absolute atomic E-state index is 12.3. The highest BCUT2D eigenvalue weighted by Gasteiger charge is 2.09. The van der Waals surface area contributed by atoms with Crippen LogP contribution in [-0.4, -0.2) is 21.9 Å². The van der Waals surface area contributed by atoms with Gasteiger partial charge in [0.2, 0.25) is 0 Å². The number of carbonyl (C=O) groups excluding carboxylic acids is 3. The van der Waals surface area contributed by atoms with Crippen LogP contribution in [0.3, 0.4) is 0 Å². The van der Waals surface area contributed by atoms with Crippen LogP contribution in [-0.2, 0) is 16.0 Å². The van der Waals surface area contributed by atoms with Gasteiger partial charge in [0, 0.05) is 29.3 Å². The summed E-state index contributed by atoms with van der Waals surface area (Å²) in [5.74, 6) is -0.0134. The van der Waals surface area contributed by atoms with E-state index in [1.54, 1.807) is 30.5 Å². The molecule has 0 spiro atoms. The standard InChI is InChI=1S/C17H13N3O.CO2/c1-11-5-15-7-13(10-19-17(15)20-11)8-16(21)14-4-2-3-12(6-14)9-18;2-1-3/h2-7,10H,8H2,1H3,(H,19,20);. The third-order valence-electron chi connectivity index (χ3n) is 3.34. The highest BCUT2D eigenvalue weighted by molar-refractivity contribution is 5.98. The van der Waals surface area contributed by atoms with Crippen LogP contribution >= 0.6 is 0 Å². The fourth-order valence-electron chi connectivity index (χ4n) is 2.34. The molecule has 3 aromatic rings. The molecule has 0 atom stereocenters. The minimum Gasteiger partial charge on any atom is -0.344 e. The molecule has 0 aliphatic heterocycles. The average molecular weight is 319 g/mol. The number of aromatic nitrogens is 2. The van der Waals surface area contributed by atoms with E-state index in [4.69, 9.17) is 14.9 Å². The number of pyridine rings is 1. The highest BCUT2D eigenvalue weighted by atomic mass is 16.2. The Kier molecular flexibility index (Phi) is 5.35. The van der Waals surface area contributed by atoms with Gasteiger partial charge in [-0.05, 0) is 36.8 Å². The van der Waals surface area contributed by atoms with Gasteiger partial charge in [-0.25, -0.2) is 4.98 Å². The van der Waals surface area contributed by atoms with Crippen LogP contribution in [0.1, 0.15) is 27.2 Å². The summed E-state index contributed by atoms with van der Waals surface area (Å²) in [6.07, 6.45) is 2.24. The lowest BCUT2D eigenvalue weighted by Gasteiger charge is -2.02. The fourth-order valence-corrected chi connectivity index (χ4v) is 2.34. The first-order valence-corrected chi connectivity index (χ1v) is 7.04. The first kappa shape index (κ1) is 16.8. The average Bonchev–Trinajstić information content (AvgIpc) is 2.95. The summed E-state index contributed by atoms with van der Waals surface area (Å²) in [6.45, 7) is 1.97. The number of hydrogen-bond donors (Lipinski definition) is 1. The van der Waals surface area contributed by atoms with Crippen LogP contribution in [0.4, 0.5) is 0 Å². The van der Waals surface area contributed by atoms with Crippen molar-refractivity contribution in [3.8, 4) is 6.07 Å². The third kappa shape index (κ3) is 4.01. The lowest BCUT2D eigenvalue weighted by molar-refractivity contribution is -0.191. The Bertz CT molecular complexity index is 961. The number of ketones is 1. The topological polar surface area (TPSA) is 104 Å². The first-order chi connectivity index (χ1) is 11.6. The highest BCUT2D eigenvalue weighted by Crippen LogP contribution is 2.16. The number of fused-ring (bicyclic) bond motifs is 1. The zero-order valence-electron chi connectivity index (χ0n) is 12.9. The van der Waals surface area contributed by atoms with Crippen molar-refractivity contribution in [1.29, 1.82) is 5.26 Å². The van der Waals surface area contributed by atoms with E-state index in [0.717, 1.165) is 22.3 Å². The first-order valence-electron chi connectivity index (χ1n) is 7.04. The molecule has 2 aromatic heterocycles. The molecule has 0 bridgehead atoms. The molecule has 0 amide bonds. The molecule has 0 saturated heterocycles. The fraction of sp³-hybridized carbons (Fsp3) is 0.111. The predicted molar refractivity (Wildman–Crippen MR) is 85.0 cm³/mol. The Morgan fingerprint density at radius 2 is 2.00 bits per heavy atom. The van der Waals surface area contributed by atoms with Crippen molar-refractivity contribution in [2.24, 2.45) is 0 Å². The van der Waals surface area contributed by atoms with Gasteiger partial charge >= 0.3 is 6.15 Å². The molecule has 118 valence electrons. The maximum atomic E-state index is 12.3. The Hall–Kier alpha value is -3.55. The third-order valence-corrected chi connectivity index (χ3v) is 3.34. The second-order valence-electron chi connectivity index (χ2n) is 5.11. The van der Waals surface area contributed by atoms with Crippen LogP contribution in [0.5, 0.6) is 0 Å². The summed E-state index contributed by atoms with van der Waals surface area (Å²) in [5, 5.41) is 9.88. The monoisotopic (exact) mass is 319 g/mol. The number of aromatic amines is 1. The van der Waals surface area contributed by atoms with E-state index in [0.29, 0.717) is 11.1 Å². The van der Waals surface area contributed by atoms with Crippen LogP contribution < -0.4 is 0 Å². The largest absolute Gasteiger partial charge is 0.373 e. The van der Waals surface area contributed by atoms with Crippen molar-refractivity contribution in [2.75, 3.05) is 0 Å². The molecule has 3 rings (SSSR count). The van der Waals surface area contributed by atoms with Crippen LogP contribution in [0.15, 0.2) is 42.6 Å². The summed E-state index contributed by atoms with van der Waals surface area (Å²) in [5.41, 5.74) is 3.79. The molecular weight excluding hydrogens is 306 g/mol. The second-order valence-corrected chi connectivity index (χ2v) is 5.11. The molecule has 24 heavy (non-hydrogen) atoms. The van der Waals surface area contributed by atoms with E-state index >= 15 is 0 Å². The summed E-state index contributed by atoms with van der Waals surface area (Å²) < 4.78 is 0. The van der Waals surface area contributed by atoms with E-state index in [1.165, 1.54) is 0 Å². The molecule has 0 saturated carbocycles. The van der Waals surface area contributed by atoms with Gasteiger partial charge in [0.15, 0.2) is 5.78 Å². The molecule has 6 nitrogen and oxygen atoms in total. The lowest BCUT2D eigenvalue weighted by Crippen LogP contribution is -2.04. The number of hydrogen-bond acceptors (Lipinski definition) is 5. The molecule has 0 radical (unpaired) electrons. The summed E-state index contributed by atoms with van der Waals surface area (Å²) in [4.78, 5) is 36.0. The molecule has 0 aliphatic rings. The smallest absolute Gasteiger partial charge is 0.344 e. The normalized spacial score (nSPS) is 9.50. The SMILES string of the molecule is Cc1cc2cc(CC(=O)c3cccc(C#N)c3)cnc2[nH]1.O=C=O. The van der Waals surface area contributed by atoms with Crippen molar-refractivity contribution in [2.45, 2.75) is 13.3 Å². The van der Waals surface area contributed by atoms with Gasteiger partial charge in [-0.15, -0.1) is 0 Å². The number of Topliss-reactive ketones (excluding diaryl/α,β-unsaturated/α-hetero) is 1. The summed E-state index contributed by atoms with van der Waals surface area (Å²) in [7, 11) is 0. The van der Waals surface area contributed by atoms with Gasteiger partial charge in [-0.1, -0.05) is 12.1 Å². The number of benzene rings is 1. The van der Waals surface area contributed by atoms with Gasteiger partial charge in [0.25, 0.3) is 0 Å². The van der Waals surface area contributed by atoms with Gasteiger partial charge in [0.05, 0.1) is 11.6 Å². The van der Waals surface area contributed by atoms with Crippen molar-refractivity contribution >= 4 is 23.0 Å². The Balaban J connectivity index is 0.000000647. The number of nitrogens with one attached hydrogen (secondary N) is 1. The number of aryl methyl sites for hydroxylation is 1. The number of rotatable bonds is 3. The molecule has 6 heteroatoms. The van der Waals surface area contributed by atoms with Crippen molar-refractivity contribution in [3.05, 3.63) is 65.0 Å². The minimum absolute atomic E-state index is 0.0134. The molecule has 0 unspecified atom stereocenters. The summed E-state index contributed by atoms with van der Waals surface area (Å²) >= 11 is 0. The van der Waals surface area contributed by atoms with Crippen molar-refractivity contribution < 1.29 is 14.4 Å². The van der Waals surface area contributed by atoms with Gasteiger partial charge in [-0.3, -0.25) is 4.79 Å². The molecular formula is C18H13N3O3. The van der Waals surface area contributed by atoms with Gasteiger partial charge in [0.1, 0.15) is 5.65 Å². The molecule has 0 fully saturated rings. The zero-order chi connectivity index (χ0) is 17.5. The van der Waals surface area contributed by atoms with Crippen LogP contribution in [0.2, 0.25) is 0 Å². The van der Waals surface area contributed by atoms with Crippen LogP contribution in [0.25, 0.3) is 11.0 Å². The molecule has 1 aromatic carbocycles. The van der Waals surface area contributed by atoms with E-state index in [-0.39, 0.29) is 18.4 Å². The number of H-pyrrole nitrogens is 1. The van der Waals surface area contributed by atoms with Crippen molar-refractivity contribution in [1.82, 2.24) is 9.97 Å². The van der Waals surface area contributed by atoms with Crippen molar-refractivity contribution in [3.63, 3.8) is 0 Å². The Labute approximate surface area is 137 Å². The predicted octanol–water partition coefficient (Wildman–Crippen LogP) is 2.58. The Morgan fingerprint density at radius 3 is 2.71 bits per heavy atom. The van der Waals surface area contributed by atoms with E-state index in [9.17, 15) is 4.79 Å². The minimum atomic E-state index is -0.0134. The zero-order valence-corrected chi connectivity index (χ0v) is 12.9. The van der Waals surface area contributed by atoms with E-state index < -0.39 is 0 Å². The number of nitriles is 1. The summed E-state index contributed by atoms with van der Waals surface area (Å²) in [6, 6.07) is 12.8. The Morgan fingerprint density at radius 1 is 1.25 bits per heavy atom. The van der Waals surface area contributed by atoms with Crippen LogP contribution in [0, 0.1) is 18.3 Å². The molecule has 0 aliphatic carbocycles. The maximum Gasteiger partial charge on any atom is 0.373 e. The molecule has 2 heterocycles. The lowest BCUT2D eigenvalue weighted by atomic mass is 10.0.